The second kappa shape index (κ2) is 5.64. The van der Waals surface area contributed by atoms with Gasteiger partial charge in [0.2, 0.25) is 0 Å². The molecule has 3 N–H and O–H groups in total. The fraction of sp³-hybridized carbons (Fsp3) is 0.500. The van der Waals surface area contributed by atoms with Gasteiger partial charge in [0.15, 0.2) is 0 Å². The molecular formula is C16H21N3OS. The number of thiophene rings is 1. The summed E-state index contributed by atoms with van der Waals surface area (Å²) in [5.41, 5.74) is 7.80. The van der Waals surface area contributed by atoms with Crippen molar-refractivity contribution in [2.45, 2.75) is 33.1 Å². The molecule has 1 aliphatic carbocycles. The number of hydrogen-bond donors (Lipinski definition) is 2. The van der Waals surface area contributed by atoms with E-state index in [0.717, 1.165) is 22.3 Å². The van der Waals surface area contributed by atoms with E-state index in [4.69, 9.17) is 5.73 Å². The molecule has 2 aromatic heterocycles. The van der Waals surface area contributed by atoms with Gasteiger partial charge in [0, 0.05) is 18.1 Å². The van der Waals surface area contributed by atoms with Gasteiger partial charge in [-0.2, -0.15) is 0 Å². The van der Waals surface area contributed by atoms with E-state index in [-0.39, 0.29) is 5.91 Å². The van der Waals surface area contributed by atoms with Crippen molar-refractivity contribution >= 4 is 33.1 Å². The van der Waals surface area contributed by atoms with E-state index in [0.29, 0.717) is 22.4 Å². The van der Waals surface area contributed by atoms with E-state index in [9.17, 15) is 4.79 Å². The number of amides is 1. The molecule has 21 heavy (non-hydrogen) atoms. The lowest BCUT2D eigenvalue weighted by molar-refractivity contribution is 0.0949. The summed E-state index contributed by atoms with van der Waals surface area (Å²) in [6, 6.07) is 1.92. The van der Waals surface area contributed by atoms with Crippen LogP contribution in [0.15, 0.2) is 12.3 Å². The van der Waals surface area contributed by atoms with Gasteiger partial charge in [-0.05, 0) is 36.8 Å². The molecule has 3 rings (SSSR count). The molecule has 2 heterocycles. The summed E-state index contributed by atoms with van der Waals surface area (Å²) >= 11 is 1.38. The zero-order chi connectivity index (χ0) is 15.0. The Morgan fingerprint density at radius 3 is 3.00 bits per heavy atom. The largest absolute Gasteiger partial charge is 0.397 e. The van der Waals surface area contributed by atoms with Crippen LogP contribution in [-0.4, -0.2) is 17.4 Å². The van der Waals surface area contributed by atoms with E-state index >= 15 is 0 Å². The van der Waals surface area contributed by atoms with E-state index in [1.165, 1.54) is 30.6 Å². The Morgan fingerprint density at radius 2 is 2.33 bits per heavy atom. The number of pyridine rings is 1. The number of fused-ring (bicyclic) bond motifs is 1. The number of rotatable bonds is 3. The maximum absolute atomic E-state index is 12.4. The lowest BCUT2D eigenvalue weighted by Crippen LogP contribution is -2.30. The van der Waals surface area contributed by atoms with Crippen LogP contribution in [0.5, 0.6) is 0 Å². The molecule has 1 aliphatic rings. The van der Waals surface area contributed by atoms with E-state index in [1.54, 1.807) is 6.20 Å². The van der Waals surface area contributed by atoms with Gasteiger partial charge in [-0.3, -0.25) is 4.79 Å². The highest BCUT2D eigenvalue weighted by molar-refractivity contribution is 7.21. The maximum Gasteiger partial charge on any atom is 0.263 e. The molecule has 1 saturated carbocycles. The minimum Gasteiger partial charge on any atom is -0.397 e. The highest BCUT2D eigenvalue weighted by atomic mass is 32.1. The van der Waals surface area contributed by atoms with Crippen LogP contribution in [-0.2, 0) is 0 Å². The quantitative estimate of drug-likeness (QED) is 0.913. The third-order valence-corrected chi connectivity index (χ3v) is 5.72. The Morgan fingerprint density at radius 1 is 1.52 bits per heavy atom. The zero-order valence-corrected chi connectivity index (χ0v) is 13.3. The fourth-order valence-electron chi connectivity index (χ4n) is 3.20. The molecule has 0 aromatic carbocycles. The smallest absolute Gasteiger partial charge is 0.263 e. The number of nitrogens with one attached hydrogen (secondary N) is 1. The molecule has 1 amide bonds. The van der Waals surface area contributed by atoms with Gasteiger partial charge in [0.1, 0.15) is 9.71 Å². The molecule has 5 heteroatoms. The monoisotopic (exact) mass is 303 g/mol. The van der Waals surface area contributed by atoms with E-state index < -0.39 is 0 Å². The first-order valence-corrected chi connectivity index (χ1v) is 8.31. The lowest BCUT2D eigenvalue weighted by atomic mass is 9.98. The number of carbonyl (C=O) groups is 1. The van der Waals surface area contributed by atoms with E-state index in [2.05, 4.69) is 17.2 Å². The third kappa shape index (κ3) is 2.62. The van der Waals surface area contributed by atoms with Crippen molar-refractivity contribution in [1.82, 2.24) is 10.3 Å². The van der Waals surface area contributed by atoms with E-state index in [1.807, 2.05) is 13.0 Å². The number of anilines is 1. The van der Waals surface area contributed by atoms with Gasteiger partial charge in [0.25, 0.3) is 5.91 Å². The standard InChI is InChI=1S/C16H21N3OS/c1-9-4-3-5-11(9)8-19-15(20)14-13(17)12-10(2)6-7-18-16(12)21-14/h6-7,9,11H,3-5,8,17H2,1-2H3,(H,19,20). The number of hydrogen-bond acceptors (Lipinski definition) is 4. The van der Waals surface area contributed by atoms with Crippen molar-refractivity contribution in [3.63, 3.8) is 0 Å². The first kappa shape index (κ1) is 14.3. The van der Waals surface area contributed by atoms with Crippen molar-refractivity contribution in [2.24, 2.45) is 11.8 Å². The summed E-state index contributed by atoms with van der Waals surface area (Å²) in [6.45, 7) is 5.01. The second-order valence-electron chi connectivity index (χ2n) is 6.03. The number of aryl methyl sites for hydroxylation is 1. The first-order valence-electron chi connectivity index (χ1n) is 7.49. The molecule has 4 nitrogen and oxygen atoms in total. The van der Waals surface area contributed by atoms with Gasteiger partial charge in [-0.25, -0.2) is 4.98 Å². The predicted octanol–water partition coefficient (Wildman–Crippen LogP) is 3.35. The summed E-state index contributed by atoms with van der Waals surface area (Å²) in [6.07, 6.45) is 5.52. The molecule has 0 aliphatic heterocycles. The van der Waals surface area contributed by atoms with Gasteiger partial charge in [0.05, 0.1) is 5.69 Å². The van der Waals surface area contributed by atoms with Crippen molar-refractivity contribution in [1.29, 1.82) is 0 Å². The summed E-state index contributed by atoms with van der Waals surface area (Å²) in [5.74, 6) is 1.24. The Labute approximate surface area is 128 Å². The molecule has 1 fully saturated rings. The maximum atomic E-state index is 12.4. The topological polar surface area (TPSA) is 68.0 Å². The number of aromatic nitrogens is 1. The predicted molar refractivity (Wildman–Crippen MR) is 87.6 cm³/mol. The zero-order valence-electron chi connectivity index (χ0n) is 12.5. The van der Waals surface area contributed by atoms with Crippen LogP contribution in [0.4, 0.5) is 5.69 Å². The second-order valence-corrected chi connectivity index (χ2v) is 7.03. The molecule has 0 bridgehead atoms. The molecule has 0 saturated heterocycles. The average molecular weight is 303 g/mol. The average Bonchev–Trinajstić information content (AvgIpc) is 3.01. The number of nitrogens with two attached hydrogens (primary N) is 1. The van der Waals surface area contributed by atoms with Crippen LogP contribution < -0.4 is 11.1 Å². The highest BCUT2D eigenvalue weighted by Gasteiger charge is 2.25. The van der Waals surface area contributed by atoms with Crippen LogP contribution in [0, 0.1) is 18.8 Å². The minimum atomic E-state index is -0.0611. The third-order valence-electron chi connectivity index (χ3n) is 4.61. The SMILES string of the molecule is Cc1ccnc2sc(C(=O)NCC3CCCC3C)c(N)c12. The van der Waals surface area contributed by atoms with Gasteiger partial charge >= 0.3 is 0 Å². The fourth-order valence-corrected chi connectivity index (χ4v) is 4.26. The molecule has 2 unspecified atom stereocenters. The summed E-state index contributed by atoms with van der Waals surface area (Å²) in [5, 5.41) is 3.97. The van der Waals surface area contributed by atoms with Crippen LogP contribution >= 0.6 is 11.3 Å². The first-order chi connectivity index (χ1) is 10.1. The van der Waals surface area contributed by atoms with Crippen molar-refractivity contribution in [2.75, 3.05) is 12.3 Å². The molecule has 0 radical (unpaired) electrons. The Bertz CT molecular complexity index is 679. The van der Waals surface area contributed by atoms with Crippen LogP contribution in [0.25, 0.3) is 10.2 Å². The van der Waals surface area contributed by atoms with Gasteiger partial charge in [-0.15, -0.1) is 11.3 Å². The molecule has 2 atom stereocenters. The van der Waals surface area contributed by atoms with Gasteiger partial charge < -0.3 is 11.1 Å². The Balaban J connectivity index is 1.78. The van der Waals surface area contributed by atoms with Crippen LogP contribution in [0.2, 0.25) is 0 Å². The van der Waals surface area contributed by atoms with Gasteiger partial charge in [-0.1, -0.05) is 19.8 Å². The normalized spacial score (nSPS) is 21.8. The molecule has 0 spiro atoms. The Kier molecular flexibility index (Phi) is 3.85. The lowest BCUT2D eigenvalue weighted by Gasteiger charge is -2.15. The van der Waals surface area contributed by atoms with Crippen molar-refractivity contribution in [3.05, 3.63) is 22.7 Å². The summed E-state index contributed by atoms with van der Waals surface area (Å²) in [7, 11) is 0. The van der Waals surface area contributed by atoms with Crippen LogP contribution in [0.3, 0.4) is 0 Å². The summed E-state index contributed by atoms with van der Waals surface area (Å²) < 4.78 is 0. The highest BCUT2D eigenvalue weighted by Crippen LogP contribution is 2.34. The molecule has 112 valence electrons. The van der Waals surface area contributed by atoms with Crippen molar-refractivity contribution < 1.29 is 4.79 Å². The molecule has 2 aromatic rings. The summed E-state index contributed by atoms with van der Waals surface area (Å²) in [4.78, 5) is 18.2. The van der Waals surface area contributed by atoms with Crippen molar-refractivity contribution in [3.8, 4) is 0 Å². The number of carbonyl (C=O) groups excluding carboxylic acids is 1. The van der Waals surface area contributed by atoms with Crippen LogP contribution in [0.1, 0.15) is 41.4 Å². The molecular weight excluding hydrogens is 282 g/mol. The Hall–Kier alpha value is -1.62. The number of nitrogens with zero attached hydrogens (tertiary/aromatic N) is 1. The minimum absolute atomic E-state index is 0.0611. The number of nitrogen functional groups attached to an aromatic ring is 1.